The van der Waals surface area contributed by atoms with Crippen LogP contribution in [-0.2, 0) is 12.8 Å². The molecule has 12 heavy (non-hydrogen) atoms. The molecule has 0 amide bonds. The van der Waals surface area contributed by atoms with E-state index in [1.54, 1.807) is 0 Å². The van der Waals surface area contributed by atoms with Crippen LogP contribution in [0.25, 0.3) is 0 Å². The van der Waals surface area contributed by atoms with Gasteiger partial charge in [-0.15, -0.1) is 0 Å². The molecule has 0 bridgehead atoms. The molecular formula is C11H15N. The smallest absolute Gasteiger partial charge is 0.0148 e. The zero-order valence-corrected chi connectivity index (χ0v) is 7.51. The fourth-order valence-electron chi connectivity index (χ4n) is 1.99. The van der Waals surface area contributed by atoms with E-state index < -0.39 is 0 Å². The molecule has 0 saturated carbocycles. The number of benzene rings is 1. The Bertz CT molecular complexity index is 242. The molecule has 0 heterocycles. The van der Waals surface area contributed by atoms with Gasteiger partial charge in [-0.25, -0.2) is 0 Å². The van der Waals surface area contributed by atoms with Gasteiger partial charge in [0.2, 0.25) is 0 Å². The van der Waals surface area contributed by atoms with Gasteiger partial charge in [-0.05, 0) is 30.5 Å². The first-order valence-corrected chi connectivity index (χ1v) is 4.70. The van der Waals surface area contributed by atoms with E-state index in [-0.39, 0.29) is 0 Å². The Balaban J connectivity index is 2.11. The van der Waals surface area contributed by atoms with Crippen LogP contribution in [0.4, 0.5) is 0 Å². The van der Waals surface area contributed by atoms with Crippen molar-refractivity contribution in [1.29, 1.82) is 0 Å². The van der Waals surface area contributed by atoms with Crippen LogP contribution in [0.3, 0.4) is 0 Å². The minimum Gasteiger partial charge on any atom is -0.314 e. The minimum atomic E-state index is 0.687. The van der Waals surface area contributed by atoms with Crippen LogP contribution in [0.15, 0.2) is 24.3 Å². The van der Waals surface area contributed by atoms with Crippen molar-refractivity contribution < 1.29 is 0 Å². The maximum absolute atomic E-state index is 3.49. The number of fused-ring (bicyclic) bond motifs is 1. The number of nitrogens with one attached hydrogen (secondary N) is 1. The lowest BCUT2D eigenvalue weighted by Gasteiger charge is -2.08. The van der Waals surface area contributed by atoms with Crippen molar-refractivity contribution in [2.45, 2.75) is 25.8 Å². The van der Waals surface area contributed by atoms with E-state index in [4.69, 9.17) is 0 Å². The molecule has 0 fully saturated rings. The number of likely N-dealkylation sites (N-methyl/N-ethyl adjacent to an activating group) is 1. The highest BCUT2D eigenvalue weighted by molar-refractivity contribution is 5.33. The Morgan fingerprint density at radius 3 is 2.33 bits per heavy atom. The molecule has 1 aromatic rings. The number of rotatable bonds is 2. The summed E-state index contributed by atoms with van der Waals surface area (Å²) in [6.45, 7) is 3.25. The largest absolute Gasteiger partial charge is 0.314 e. The van der Waals surface area contributed by atoms with Crippen molar-refractivity contribution in [2.75, 3.05) is 6.54 Å². The van der Waals surface area contributed by atoms with Crippen LogP contribution < -0.4 is 5.32 Å². The van der Waals surface area contributed by atoms with Gasteiger partial charge in [-0.3, -0.25) is 0 Å². The lowest BCUT2D eigenvalue weighted by molar-refractivity contribution is 0.552. The van der Waals surface area contributed by atoms with Crippen LogP contribution in [0.1, 0.15) is 18.1 Å². The van der Waals surface area contributed by atoms with Gasteiger partial charge < -0.3 is 5.32 Å². The Morgan fingerprint density at radius 2 is 1.83 bits per heavy atom. The van der Waals surface area contributed by atoms with E-state index >= 15 is 0 Å². The molecule has 1 N–H and O–H groups in total. The lowest BCUT2D eigenvalue weighted by Crippen LogP contribution is -2.28. The third kappa shape index (κ3) is 1.37. The highest BCUT2D eigenvalue weighted by Gasteiger charge is 2.18. The van der Waals surface area contributed by atoms with Crippen LogP contribution in [-0.4, -0.2) is 12.6 Å². The van der Waals surface area contributed by atoms with Crippen molar-refractivity contribution in [2.24, 2.45) is 0 Å². The van der Waals surface area contributed by atoms with Gasteiger partial charge in [0.05, 0.1) is 0 Å². The summed E-state index contributed by atoms with van der Waals surface area (Å²) in [7, 11) is 0. The van der Waals surface area contributed by atoms with Crippen LogP contribution in [0, 0.1) is 0 Å². The molecule has 1 heteroatoms. The van der Waals surface area contributed by atoms with E-state index in [9.17, 15) is 0 Å². The molecule has 0 spiro atoms. The predicted octanol–water partition coefficient (Wildman–Crippen LogP) is 1.76. The number of hydrogen-bond donors (Lipinski definition) is 1. The van der Waals surface area contributed by atoms with Crippen molar-refractivity contribution in [3.63, 3.8) is 0 Å². The third-order valence-electron chi connectivity index (χ3n) is 2.54. The summed E-state index contributed by atoms with van der Waals surface area (Å²) in [6.07, 6.45) is 2.42. The lowest BCUT2D eigenvalue weighted by atomic mass is 10.1. The number of hydrogen-bond acceptors (Lipinski definition) is 1. The molecular weight excluding hydrogens is 146 g/mol. The molecule has 0 atom stereocenters. The average molecular weight is 161 g/mol. The summed E-state index contributed by atoms with van der Waals surface area (Å²) < 4.78 is 0. The van der Waals surface area contributed by atoms with E-state index in [2.05, 4.69) is 36.5 Å². The van der Waals surface area contributed by atoms with Crippen LogP contribution in [0.5, 0.6) is 0 Å². The standard InChI is InChI=1S/C11H15N/c1-2-12-11-7-9-5-3-4-6-10(9)8-11/h3-6,11-12H,2,7-8H2,1H3. The summed E-state index contributed by atoms with van der Waals surface area (Å²) in [6, 6.07) is 9.44. The Kier molecular flexibility index (Phi) is 2.13. The summed E-state index contributed by atoms with van der Waals surface area (Å²) in [5, 5.41) is 3.49. The molecule has 2 rings (SSSR count). The molecule has 0 aromatic heterocycles. The first-order chi connectivity index (χ1) is 5.90. The van der Waals surface area contributed by atoms with E-state index in [1.165, 1.54) is 24.0 Å². The van der Waals surface area contributed by atoms with Crippen molar-refractivity contribution in [3.8, 4) is 0 Å². The zero-order valence-electron chi connectivity index (χ0n) is 7.51. The van der Waals surface area contributed by atoms with Crippen LogP contribution in [0.2, 0.25) is 0 Å². The molecule has 64 valence electrons. The van der Waals surface area contributed by atoms with Gasteiger partial charge >= 0.3 is 0 Å². The molecule has 0 unspecified atom stereocenters. The van der Waals surface area contributed by atoms with Gasteiger partial charge in [-0.2, -0.15) is 0 Å². The molecule has 0 aliphatic heterocycles. The van der Waals surface area contributed by atoms with Gasteiger partial charge in [0.25, 0.3) is 0 Å². The average Bonchev–Trinajstić information content (AvgIpc) is 2.47. The highest BCUT2D eigenvalue weighted by atomic mass is 14.9. The van der Waals surface area contributed by atoms with Gasteiger partial charge in [0, 0.05) is 6.04 Å². The zero-order chi connectivity index (χ0) is 8.39. The van der Waals surface area contributed by atoms with Gasteiger partial charge in [-0.1, -0.05) is 31.2 Å². The first-order valence-electron chi connectivity index (χ1n) is 4.70. The molecule has 1 aliphatic carbocycles. The van der Waals surface area contributed by atoms with Crippen molar-refractivity contribution >= 4 is 0 Å². The Morgan fingerprint density at radius 1 is 1.25 bits per heavy atom. The second-order valence-electron chi connectivity index (χ2n) is 3.43. The molecule has 0 saturated heterocycles. The maximum Gasteiger partial charge on any atom is 0.0148 e. The fourth-order valence-corrected chi connectivity index (χ4v) is 1.99. The quantitative estimate of drug-likeness (QED) is 0.697. The van der Waals surface area contributed by atoms with E-state index in [1.807, 2.05) is 0 Å². The topological polar surface area (TPSA) is 12.0 Å². The van der Waals surface area contributed by atoms with Crippen molar-refractivity contribution in [1.82, 2.24) is 5.32 Å². The van der Waals surface area contributed by atoms with Crippen molar-refractivity contribution in [3.05, 3.63) is 35.4 Å². The fraction of sp³-hybridized carbons (Fsp3) is 0.455. The monoisotopic (exact) mass is 161 g/mol. The second kappa shape index (κ2) is 3.28. The predicted molar refractivity (Wildman–Crippen MR) is 51.3 cm³/mol. The Labute approximate surface area is 73.8 Å². The SMILES string of the molecule is CCNC1Cc2ccccc2C1. The van der Waals surface area contributed by atoms with Gasteiger partial charge in [0.15, 0.2) is 0 Å². The summed E-state index contributed by atoms with van der Waals surface area (Å²) >= 11 is 0. The first kappa shape index (κ1) is 7.81. The molecule has 1 nitrogen and oxygen atoms in total. The highest BCUT2D eigenvalue weighted by Crippen LogP contribution is 2.21. The van der Waals surface area contributed by atoms with Gasteiger partial charge in [0.1, 0.15) is 0 Å². The summed E-state index contributed by atoms with van der Waals surface area (Å²) in [5.74, 6) is 0. The normalized spacial score (nSPS) is 16.4. The molecule has 0 radical (unpaired) electrons. The summed E-state index contributed by atoms with van der Waals surface area (Å²) in [5.41, 5.74) is 3.06. The second-order valence-corrected chi connectivity index (χ2v) is 3.43. The minimum absolute atomic E-state index is 0.687. The van der Waals surface area contributed by atoms with E-state index in [0.717, 1.165) is 6.54 Å². The Hall–Kier alpha value is -0.820. The molecule has 1 aromatic carbocycles. The summed E-state index contributed by atoms with van der Waals surface area (Å²) in [4.78, 5) is 0. The molecule has 1 aliphatic rings. The van der Waals surface area contributed by atoms with E-state index in [0.29, 0.717) is 6.04 Å². The van der Waals surface area contributed by atoms with Crippen LogP contribution >= 0.6 is 0 Å². The maximum atomic E-state index is 3.49. The third-order valence-corrected chi connectivity index (χ3v) is 2.54.